The maximum Gasteiger partial charge on any atom is 0.252 e. The smallest absolute Gasteiger partial charge is 0.252 e. The van der Waals surface area contributed by atoms with Crippen LogP contribution in [-0.4, -0.2) is 21.1 Å². The molecule has 8 heteroatoms. The molecule has 6 nitrogen and oxygen atoms in total. The molecule has 1 amide bonds. The van der Waals surface area contributed by atoms with Crippen LogP contribution in [0.3, 0.4) is 0 Å². The Labute approximate surface area is 110 Å². The Morgan fingerprint density at radius 1 is 1.56 bits per heavy atom. The number of carbonyl (C=O) groups excluding carboxylic acids is 1. The Hall–Kier alpha value is -1.96. The molecule has 0 aliphatic carbocycles. The molecule has 1 aromatic carbocycles. The van der Waals surface area contributed by atoms with Crippen molar-refractivity contribution in [2.24, 2.45) is 0 Å². The van der Waals surface area contributed by atoms with E-state index in [4.69, 9.17) is 5.73 Å². The Balaban J connectivity index is 2.11. The van der Waals surface area contributed by atoms with Gasteiger partial charge in [0, 0.05) is 4.47 Å². The molecule has 0 bridgehead atoms. The minimum atomic E-state index is -0.575. The SMILES string of the molecule is Nc1cc(C(=O)NCc2ncn[nH]2)c(Br)cc1F. The standard InChI is InChI=1S/C10H9BrFN5O/c11-6-2-7(12)8(13)1-5(6)10(18)14-3-9-15-4-16-17-9/h1-2,4H,3,13H2,(H,14,18)(H,15,16,17). The number of H-pyrrole nitrogens is 1. The summed E-state index contributed by atoms with van der Waals surface area (Å²) >= 11 is 3.11. The number of carbonyl (C=O) groups is 1. The highest BCUT2D eigenvalue weighted by molar-refractivity contribution is 9.10. The van der Waals surface area contributed by atoms with Gasteiger partial charge in [0.15, 0.2) is 0 Å². The molecule has 1 heterocycles. The molecule has 0 unspecified atom stereocenters. The normalized spacial score (nSPS) is 10.3. The summed E-state index contributed by atoms with van der Waals surface area (Å²) in [5, 5.41) is 8.86. The first-order chi connectivity index (χ1) is 8.58. The molecule has 2 rings (SSSR count). The topological polar surface area (TPSA) is 96.7 Å². The van der Waals surface area contributed by atoms with Crippen LogP contribution in [0.5, 0.6) is 0 Å². The molecular weight excluding hydrogens is 305 g/mol. The number of halogens is 2. The molecule has 94 valence electrons. The lowest BCUT2D eigenvalue weighted by molar-refractivity contribution is 0.0949. The lowest BCUT2D eigenvalue weighted by atomic mass is 10.2. The van der Waals surface area contributed by atoms with Gasteiger partial charge in [0.1, 0.15) is 18.0 Å². The predicted octanol–water partition coefficient (Wildman–Crippen LogP) is 1.22. The summed E-state index contributed by atoms with van der Waals surface area (Å²) in [5.41, 5.74) is 5.59. The summed E-state index contributed by atoms with van der Waals surface area (Å²) in [4.78, 5) is 15.7. The van der Waals surface area contributed by atoms with Crippen molar-refractivity contribution in [3.8, 4) is 0 Å². The number of aromatic amines is 1. The highest BCUT2D eigenvalue weighted by atomic mass is 79.9. The van der Waals surface area contributed by atoms with E-state index in [9.17, 15) is 9.18 Å². The largest absolute Gasteiger partial charge is 0.396 e. The number of nitrogens with one attached hydrogen (secondary N) is 2. The zero-order chi connectivity index (χ0) is 13.1. The first kappa shape index (κ1) is 12.5. The lowest BCUT2D eigenvalue weighted by Crippen LogP contribution is -2.24. The molecule has 0 fully saturated rings. The van der Waals surface area contributed by atoms with Crippen LogP contribution in [0.2, 0.25) is 0 Å². The number of nitrogens with zero attached hydrogens (tertiary/aromatic N) is 2. The van der Waals surface area contributed by atoms with E-state index in [0.717, 1.165) is 6.07 Å². The predicted molar refractivity (Wildman–Crippen MR) is 66.1 cm³/mol. The molecular formula is C10H9BrFN5O. The van der Waals surface area contributed by atoms with Crippen molar-refractivity contribution < 1.29 is 9.18 Å². The molecule has 0 saturated heterocycles. The average molecular weight is 314 g/mol. The van der Waals surface area contributed by atoms with Gasteiger partial charge in [0.2, 0.25) is 0 Å². The first-order valence-corrected chi connectivity index (χ1v) is 5.74. The highest BCUT2D eigenvalue weighted by Crippen LogP contribution is 2.22. The van der Waals surface area contributed by atoms with Gasteiger partial charge in [-0.3, -0.25) is 9.89 Å². The number of hydrogen-bond donors (Lipinski definition) is 3. The number of hydrogen-bond acceptors (Lipinski definition) is 4. The summed E-state index contributed by atoms with van der Waals surface area (Å²) in [6, 6.07) is 2.42. The van der Waals surface area contributed by atoms with Crippen LogP contribution in [0.15, 0.2) is 22.9 Å². The molecule has 2 aromatic rings. The summed E-state index contributed by atoms with van der Waals surface area (Å²) < 4.78 is 13.5. The van der Waals surface area contributed by atoms with Crippen molar-refractivity contribution in [3.05, 3.63) is 40.1 Å². The van der Waals surface area contributed by atoms with E-state index < -0.39 is 5.82 Å². The third-order valence-electron chi connectivity index (χ3n) is 2.21. The zero-order valence-electron chi connectivity index (χ0n) is 9.08. The Morgan fingerprint density at radius 3 is 3.00 bits per heavy atom. The molecule has 18 heavy (non-hydrogen) atoms. The number of nitrogen functional groups attached to an aromatic ring is 1. The number of nitrogens with two attached hydrogens (primary N) is 1. The van der Waals surface area contributed by atoms with Gasteiger partial charge in [0.25, 0.3) is 5.91 Å². The molecule has 0 aliphatic heterocycles. The number of benzene rings is 1. The van der Waals surface area contributed by atoms with Gasteiger partial charge < -0.3 is 11.1 Å². The second kappa shape index (κ2) is 5.13. The van der Waals surface area contributed by atoms with E-state index >= 15 is 0 Å². The first-order valence-electron chi connectivity index (χ1n) is 4.95. The van der Waals surface area contributed by atoms with Gasteiger partial charge in [0.05, 0.1) is 17.8 Å². The van der Waals surface area contributed by atoms with Crippen LogP contribution >= 0.6 is 15.9 Å². The summed E-state index contributed by atoms with van der Waals surface area (Å²) in [5.74, 6) is -0.437. The fourth-order valence-electron chi connectivity index (χ4n) is 1.31. The van der Waals surface area contributed by atoms with Crippen molar-refractivity contribution in [2.45, 2.75) is 6.54 Å². The molecule has 0 saturated carbocycles. The Kier molecular flexibility index (Phi) is 3.56. The van der Waals surface area contributed by atoms with E-state index in [-0.39, 0.29) is 23.7 Å². The maximum absolute atomic E-state index is 13.1. The van der Waals surface area contributed by atoms with Crippen molar-refractivity contribution in [1.82, 2.24) is 20.5 Å². The molecule has 0 aliphatic rings. The Morgan fingerprint density at radius 2 is 2.33 bits per heavy atom. The second-order valence-electron chi connectivity index (χ2n) is 3.47. The monoisotopic (exact) mass is 313 g/mol. The summed E-state index contributed by atoms with van der Waals surface area (Å²) in [6.45, 7) is 0.197. The van der Waals surface area contributed by atoms with E-state index in [0.29, 0.717) is 10.3 Å². The van der Waals surface area contributed by atoms with Crippen LogP contribution in [0, 0.1) is 5.82 Å². The lowest BCUT2D eigenvalue weighted by Gasteiger charge is -2.07. The van der Waals surface area contributed by atoms with Crippen LogP contribution < -0.4 is 11.1 Å². The fourth-order valence-corrected chi connectivity index (χ4v) is 1.81. The third-order valence-corrected chi connectivity index (χ3v) is 2.87. The van der Waals surface area contributed by atoms with Gasteiger partial charge >= 0.3 is 0 Å². The van der Waals surface area contributed by atoms with Crippen molar-refractivity contribution in [3.63, 3.8) is 0 Å². The number of rotatable bonds is 3. The Bertz CT molecular complexity index is 572. The van der Waals surface area contributed by atoms with E-state index in [1.54, 1.807) is 0 Å². The van der Waals surface area contributed by atoms with Gasteiger partial charge in [-0.1, -0.05) is 0 Å². The van der Waals surface area contributed by atoms with Crippen LogP contribution in [0.1, 0.15) is 16.2 Å². The summed E-state index contributed by atoms with van der Waals surface area (Å²) in [7, 11) is 0. The van der Waals surface area contributed by atoms with Gasteiger partial charge in [-0.15, -0.1) is 0 Å². The van der Waals surface area contributed by atoms with Gasteiger partial charge in [-0.25, -0.2) is 9.37 Å². The average Bonchev–Trinajstić information content (AvgIpc) is 2.84. The minimum absolute atomic E-state index is 0.0805. The minimum Gasteiger partial charge on any atom is -0.396 e. The van der Waals surface area contributed by atoms with Crippen molar-refractivity contribution in [2.75, 3.05) is 5.73 Å². The molecule has 0 spiro atoms. The maximum atomic E-state index is 13.1. The molecule has 4 N–H and O–H groups in total. The fraction of sp³-hybridized carbons (Fsp3) is 0.100. The quantitative estimate of drug-likeness (QED) is 0.742. The van der Waals surface area contributed by atoms with Crippen LogP contribution in [0.4, 0.5) is 10.1 Å². The number of amides is 1. The molecule has 0 radical (unpaired) electrons. The van der Waals surface area contributed by atoms with Gasteiger partial charge in [-0.2, -0.15) is 5.10 Å². The molecule has 1 aromatic heterocycles. The van der Waals surface area contributed by atoms with Crippen molar-refractivity contribution in [1.29, 1.82) is 0 Å². The zero-order valence-corrected chi connectivity index (χ0v) is 10.7. The van der Waals surface area contributed by atoms with Gasteiger partial charge in [-0.05, 0) is 28.1 Å². The van der Waals surface area contributed by atoms with E-state index in [1.807, 2.05) is 0 Å². The van der Waals surface area contributed by atoms with E-state index in [1.165, 1.54) is 12.4 Å². The van der Waals surface area contributed by atoms with E-state index in [2.05, 4.69) is 36.4 Å². The van der Waals surface area contributed by atoms with Crippen LogP contribution in [-0.2, 0) is 6.54 Å². The summed E-state index contributed by atoms with van der Waals surface area (Å²) in [6.07, 6.45) is 1.34. The second-order valence-corrected chi connectivity index (χ2v) is 4.32. The highest BCUT2D eigenvalue weighted by Gasteiger charge is 2.13. The van der Waals surface area contributed by atoms with Crippen LogP contribution in [0.25, 0.3) is 0 Å². The number of anilines is 1. The third kappa shape index (κ3) is 2.65. The molecule has 0 atom stereocenters. The number of aromatic nitrogens is 3. The van der Waals surface area contributed by atoms with Crippen molar-refractivity contribution >= 4 is 27.5 Å².